The summed E-state index contributed by atoms with van der Waals surface area (Å²) >= 11 is 0. The van der Waals surface area contributed by atoms with Crippen molar-refractivity contribution in [1.29, 1.82) is 0 Å². The molecule has 25 heavy (non-hydrogen) atoms. The van der Waals surface area contributed by atoms with Crippen LogP contribution in [0.2, 0.25) is 0 Å². The van der Waals surface area contributed by atoms with Crippen LogP contribution in [0.15, 0.2) is 12.1 Å². The predicted octanol–water partition coefficient (Wildman–Crippen LogP) is 4.23. The molecule has 0 saturated carbocycles. The molecule has 0 atom stereocenters. The number of nitrogens with one attached hydrogen (secondary N) is 1. The van der Waals surface area contributed by atoms with Crippen LogP contribution in [0.25, 0.3) is 0 Å². The van der Waals surface area contributed by atoms with Crippen molar-refractivity contribution in [3.8, 4) is 0 Å². The number of alkyl halides is 3. The molecule has 1 heterocycles. The molecule has 0 radical (unpaired) electrons. The van der Waals surface area contributed by atoms with Crippen LogP contribution in [-0.4, -0.2) is 32.2 Å². The smallest absolute Gasteiger partial charge is 0.378 e. The van der Waals surface area contributed by atoms with Gasteiger partial charge in [0.15, 0.2) is 0 Å². The summed E-state index contributed by atoms with van der Waals surface area (Å²) in [5, 5.41) is 2.47. The van der Waals surface area contributed by atoms with Gasteiger partial charge in [0.25, 0.3) is 0 Å². The molecule has 7 heteroatoms. The molecule has 1 aromatic carbocycles. The number of ether oxygens (including phenoxy) is 1. The molecular formula is C18H25F3N2O2. The minimum atomic E-state index is -4.53. The lowest BCUT2D eigenvalue weighted by molar-refractivity contribution is -0.137. The Balaban J connectivity index is 2.30. The normalized spacial score (nSPS) is 15.6. The highest BCUT2D eigenvalue weighted by molar-refractivity contribution is 5.93. The molecule has 1 fully saturated rings. The third-order valence-electron chi connectivity index (χ3n) is 4.22. The molecule has 1 aromatic rings. The van der Waals surface area contributed by atoms with Gasteiger partial charge in [0.2, 0.25) is 5.91 Å². The van der Waals surface area contributed by atoms with Crippen LogP contribution in [0, 0.1) is 12.8 Å². The molecule has 0 unspecified atom stereocenters. The maximum Gasteiger partial charge on any atom is 0.418 e. The van der Waals surface area contributed by atoms with Crippen molar-refractivity contribution in [2.75, 3.05) is 36.5 Å². The molecule has 0 spiro atoms. The van der Waals surface area contributed by atoms with Gasteiger partial charge in [-0.3, -0.25) is 4.79 Å². The number of halogens is 3. The van der Waals surface area contributed by atoms with Gasteiger partial charge in [-0.1, -0.05) is 13.8 Å². The number of benzene rings is 1. The predicted molar refractivity (Wildman–Crippen MR) is 91.9 cm³/mol. The summed E-state index contributed by atoms with van der Waals surface area (Å²) < 4.78 is 45.9. The van der Waals surface area contributed by atoms with E-state index < -0.39 is 11.7 Å². The first-order valence-corrected chi connectivity index (χ1v) is 8.53. The number of morpholine rings is 1. The van der Waals surface area contributed by atoms with Gasteiger partial charge >= 0.3 is 6.18 Å². The second-order valence-electron chi connectivity index (χ2n) is 6.76. The van der Waals surface area contributed by atoms with Crippen LogP contribution in [0.1, 0.15) is 37.8 Å². The van der Waals surface area contributed by atoms with E-state index in [0.29, 0.717) is 49.9 Å². The zero-order valence-electron chi connectivity index (χ0n) is 14.9. The van der Waals surface area contributed by atoms with Crippen molar-refractivity contribution < 1.29 is 22.7 Å². The van der Waals surface area contributed by atoms with Crippen molar-refractivity contribution in [3.05, 3.63) is 23.3 Å². The van der Waals surface area contributed by atoms with Crippen LogP contribution < -0.4 is 10.2 Å². The quantitative estimate of drug-likeness (QED) is 0.857. The summed E-state index contributed by atoms with van der Waals surface area (Å²) in [7, 11) is 0. The monoisotopic (exact) mass is 358 g/mol. The lowest BCUT2D eigenvalue weighted by Crippen LogP contribution is -2.36. The van der Waals surface area contributed by atoms with Gasteiger partial charge in [0.05, 0.1) is 24.5 Å². The summed E-state index contributed by atoms with van der Waals surface area (Å²) in [6, 6.07) is 2.81. The van der Waals surface area contributed by atoms with E-state index in [1.54, 1.807) is 13.0 Å². The third-order valence-corrected chi connectivity index (χ3v) is 4.22. The summed E-state index contributed by atoms with van der Waals surface area (Å²) in [6.45, 7) is 7.63. The summed E-state index contributed by atoms with van der Waals surface area (Å²) in [5.74, 6) is -0.0703. The molecule has 0 aromatic heterocycles. The fraction of sp³-hybridized carbons (Fsp3) is 0.611. The number of carbonyl (C=O) groups is 1. The Morgan fingerprint density at radius 1 is 1.28 bits per heavy atom. The van der Waals surface area contributed by atoms with Gasteiger partial charge in [-0.05, 0) is 37.0 Å². The summed E-state index contributed by atoms with van der Waals surface area (Å²) in [4.78, 5) is 13.9. The highest BCUT2D eigenvalue weighted by Crippen LogP contribution is 2.39. The van der Waals surface area contributed by atoms with E-state index in [1.807, 2.05) is 18.7 Å². The van der Waals surface area contributed by atoms with Gasteiger partial charge < -0.3 is 15.0 Å². The SMILES string of the molecule is Cc1cc(N2CCOCC2)cc(C(F)(F)F)c1NC(=O)CCC(C)C. The molecule has 1 saturated heterocycles. The molecule has 1 aliphatic rings. The van der Waals surface area contributed by atoms with Crippen LogP contribution in [0.4, 0.5) is 24.5 Å². The Hall–Kier alpha value is -1.76. The minimum absolute atomic E-state index is 0.140. The third kappa shape index (κ3) is 5.36. The van der Waals surface area contributed by atoms with E-state index in [-0.39, 0.29) is 18.0 Å². The topological polar surface area (TPSA) is 41.6 Å². The fourth-order valence-electron chi connectivity index (χ4n) is 2.78. The van der Waals surface area contributed by atoms with E-state index in [0.717, 1.165) is 6.07 Å². The Kier molecular flexibility index (Phi) is 6.32. The molecule has 0 aliphatic carbocycles. The standard InChI is InChI=1S/C18H25F3N2O2/c1-12(2)4-5-16(24)22-17-13(3)10-14(11-15(17)18(19,20)21)23-6-8-25-9-7-23/h10-12H,4-9H2,1-3H3,(H,22,24). The van der Waals surface area contributed by atoms with E-state index in [2.05, 4.69) is 5.32 Å². The molecule has 2 rings (SSSR count). The average molecular weight is 358 g/mol. The molecule has 1 N–H and O–H groups in total. The van der Waals surface area contributed by atoms with Crippen molar-refractivity contribution in [2.24, 2.45) is 5.92 Å². The summed E-state index contributed by atoms with van der Waals surface area (Å²) in [6.07, 6.45) is -3.69. The Morgan fingerprint density at radius 2 is 1.92 bits per heavy atom. The van der Waals surface area contributed by atoms with Gasteiger partial charge in [-0.15, -0.1) is 0 Å². The van der Waals surface area contributed by atoms with E-state index in [9.17, 15) is 18.0 Å². The van der Waals surface area contributed by atoms with Crippen molar-refractivity contribution in [2.45, 2.75) is 39.8 Å². The Bertz CT molecular complexity index is 609. The average Bonchev–Trinajstić information content (AvgIpc) is 2.54. The van der Waals surface area contributed by atoms with E-state index >= 15 is 0 Å². The number of carbonyl (C=O) groups excluding carboxylic acids is 1. The lowest BCUT2D eigenvalue weighted by Gasteiger charge is -2.30. The molecule has 4 nitrogen and oxygen atoms in total. The zero-order valence-corrected chi connectivity index (χ0v) is 14.9. The molecular weight excluding hydrogens is 333 g/mol. The van der Waals surface area contributed by atoms with Crippen LogP contribution in [0.3, 0.4) is 0 Å². The molecule has 0 bridgehead atoms. The second-order valence-corrected chi connectivity index (χ2v) is 6.76. The number of hydrogen-bond donors (Lipinski definition) is 1. The van der Waals surface area contributed by atoms with Gasteiger partial charge in [-0.2, -0.15) is 13.2 Å². The van der Waals surface area contributed by atoms with E-state index in [1.165, 1.54) is 0 Å². The first-order valence-electron chi connectivity index (χ1n) is 8.53. The molecule has 1 amide bonds. The highest BCUT2D eigenvalue weighted by Gasteiger charge is 2.35. The Morgan fingerprint density at radius 3 is 2.48 bits per heavy atom. The van der Waals surface area contributed by atoms with Crippen molar-refractivity contribution in [3.63, 3.8) is 0 Å². The zero-order chi connectivity index (χ0) is 18.6. The summed E-state index contributed by atoms with van der Waals surface area (Å²) in [5.41, 5.74) is -0.0207. The van der Waals surface area contributed by atoms with Gasteiger partial charge in [0.1, 0.15) is 0 Å². The first kappa shape index (κ1) is 19.6. The fourth-order valence-corrected chi connectivity index (χ4v) is 2.78. The largest absolute Gasteiger partial charge is 0.418 e. The molecule has 140 valence electrons. The van der Waals surface area contributed by atoms with Crippen molar-refractivity contribution >= 4 is 17.3 Å². The van der Waals surface area contributed by atoms with Gasteiger partial charge in [-0.25, -0.2) is 0 Å². The number of anilines is 2. The highest BCUT2D eigenvalue weighted by atomic mass is 19.4. The van der Waals surface area contributed by atoms with Crippen molar-refractivity contribution in [1.82, 2.24) is 0 Å². The van der Waals surface area contributed by atoms with Gasteiger partial charge in [0, 0.05) is 25.2 Å². The van der Waals surface area contributed by atoms with Crippen LogP contribution >= 0.6 is 0 Å². The molecule has 1 aliphatic heterocycles. The second kappa shape index (κ2) is 8.08. The maximum absolute atomic E-state index is 13.5. The number of aryl methyl sites for hydroxylation is 1. The minimum Gasteiger partial charge on any atom is -0.378 e. The number of amides is 1. The number of rotatable bonds is 5. The first-order chi connectivity index (χ1) is 11.7. The number of nitrogens with zero attached hydrogens (tertiary/aromatic N) is 1. The van der Waals surface area contributed by atoms with Crippen LogP contribution in [-0.2, 0) is 15.7 Å². The Labute approximate surface area is 146 Å². The van der Waals surface area contributed by atoms with E-state index in [4.69, 9.17) is 4.74 Å². The maximum atomic E-state index is 13.5. The lowest BCUT2D eigenvalue weighted by atomic mass is 10.0. The number of hydrogen-bond acceptors (Lipinski definition) is 3. The van der Waals surface area contributed by atoms with Crippen LogP contribution in [0.5, 0.6) is 0 Å².